The maximum absolute atomic E-state index is 11.1. The quantitative estimate of drug-likeness (QED) is 0.670. The molecule has 3 nitrogen and oxygen atoms in total. The molecule has 0 unspecified atom stereocenters. The molecule has 12 heavy (non-hydrogen) atoms. The number of hydrogen-bond acceptors (Lipinski definition) is 3. The molecule has 0 aromatic rings. The van der Waals surface area contributed by atoms with Crippen molar-refractivity contribution in [2.24, 2.45) is 0 Å². The number of nitrogens with one attached hydrogen (secondary N) is 1. The molecule has 4 heteroatoms. The largest absolute Gasteiger partial charge is 0.394 e. The molecule has 0 aromatic heterocycles. The molecule has 0 saturated carbocycles. The summed E-state index contributed by atoms with van der Waals surface area (Å²) in [6.07, 6.45) is 2.48. The zero-order valence-corrected chi connectivity index (χ0v) is 8.70. The van der Waals surface area contributed by atoms with Gasteiger partial charge in [0.25, 0.3) is 0 Å². The van der Waals surface area contributed by atoms with Crippen molar-refractivity contribution in [1.82, 2.24) is 5.32 Å². The Morgan fingerprint density at radius 3 is 2.58 bits per heavy atom. The highest BCUT2D eigenvalue weighted by atomic mass is 32.2. The van der Waals surface area contributed by atoms with Gasteiger partial charge in [-0.2, -0.15) is 11.8 Å². The Bertz CT molecular complexity index is 148. The summed E-state index contributed by atoms with van der Waals surface area (Å²) in [5, 5.41) is 11.6. The number of carbonyl (C=O) groups excluding carboxylic acids is 1. The van der Waals surface area contributed by atoms with Gasteiger partial charge in [-0.1, -0.05) is 0 Å². The molecule has 1 amide bonds. The van der Waals surface area contributed by atoms with Crippen LogP contribution in [0.1, 0.15) is 20.3 Å². The molecule has 0 aromatic carbocycles. The highest BCUT2D eigenvalue weighted by Gasteiger charge is 2.18. The first-order valence-corrected chi connectivity index (χ1v) is 5.32. The van der Waals surface area contributed by atoms with E-state index in [0.717, 1.165) is 5.75 Å². The first-order chi connectivity index (χ1) is 5.52. The second-order valence-corrected chi connectivity index (χ2v) is 4.32. The standard InChI is InChI=1S/C8H17NO2S/c1-8(2,6-10)9-7(11)4-5-12-3/h10H,4-6H2,1-3H3,(H,9,11). The third-order valence-corrected chi connectivity index (χ3v) is 2.02. The van der Waals surface area contributed by atoms with Gasteiger partial charge in [-0.3, -0.25) is 4.79 Å². The Labute approximate surface area is 77.9 Å². The molecule has 0 radical (unpaired) electrons. The lowest BCUT2D eigenvalue weighted by Gasteiger charge is -2.23. The first-order valence-electron chi connectivity index (χ1n) is 3.92. The third kappa shape index (κ3) is 5.43. The summed E-state index contributed by atoms with van der Waals surface area (Å²) in [6, 6.07) is 0. The summed E-state index contributed by atoms with van der Waals surface area (Å²) >= 11 is 1.64. The van der Waals surface area contributed by atoms with Gasteiger partial charge in [-0.25, -0.2) is 0 Å². The van der Waals surface area contributed by atoms with Crippen LogP contribution in [0.15, 0.2) is 0 Å². The number of thioether (sulfide) groups is 1. The fourth-order valence-electron chi connectivity index (χ4n) is 0.674. The molecule has 0 bridgehead atoms. The summed E-state index contributed by atoms with van der Waals surface area (Å²) < 4.78 is 0. The summed E-state index contributed by atoms with van der Waals surface area (Å²) in [6.45, 7) is 3.56. The molecular weight excluding hydrogens is 174 g/mol. The lowest BCUT2D eigenvalue weighted by atomic mass is 10.1. The average Bonchev–Trinajstić information content (AvgIpc) is 2.00. The Balaban J connectivity index is 3.68. The molecule has 0 heterocycles. The summed E-state index contributed by atoms with van der Waals surface area (Å²) in [7, 11) is 0. The summed E-state index contributed by atoms with van der Waals surface area (Å²) in [5.74, 6) is 0.830. The topological polar surface area (TPSA) is 49.3 Å². The fraction of sp³-hybridized carbons (Fsp3) is 0.875. The monoisotopic (exact) mass is 191 g/mol. The van der Waals surface area contributed by atoms with Crippen LogP contribution < -0.4 is 5.32 Å². The Kier molecular flexibility index (Phi) is 5.33. The van der Waals surface area contributed by atoms with Crippen molar-refractivity contribution in [3.05, 3.63) is 0 Å². The maximum atomic E-state index is 11.1. The van der Waals surface area contributed by atoms with E-state index in [9.17, 15) is 4.79 Å². The van der Waals surface area contributed by atoms with Crippen molar-refractivity contribution in [3.8, 4) is 0 Å². The Morgan fingerprint density at radius 2 is 2.17 bits per heavy atom. The fourth-order valence-corrected chi connectivity index (χ4v) is 1.06. The molecule has 0 aliphatic rings. The van der Waals surface area contributed by atoms with E-state index in [1.807, 2.05) is 6.26 Å². The van der Waals surface area contributed by atoms with Crippen LogP contribution in [0, 0.1) is 0 Å². The van der Waals surface area contributed by atoms with E-state index in [1.165, 1.54) is 0 Å². The second-order valence-electron chi connectivity index (χ2n) is 3.33. The lowest BCUT2D eigenvalue weighted by molar-refractivity contribution is -0.122. The Hall–Kier alpha value is -0.220. The zero-order valence-electron chi connectivity index (χ0n) is 7.89. The highest BCUT2D eigenvalue weighted by Crippen LogP contribution is 2.02. The van der Waals surface area contributed by atoms with Crippen molar-refractivity contribution >= 4 is 17.7 Å². The van der Waals surface area contributed by atoms with Crippen molar-refractivity contribution in [3.63, 3.8) is 0 Å². The van der Waals surface area contributed by atoms with Gasteiger partial charge in [0.05, 0.1) is 12.1 Å². The predicted octanol–water partition coefficient (Wildman–Crippen LogP) is 0.627. The van der Waals surface area contributed by atoms with Gasteiger partial charge in [-0.05, 0) is 20.1 Å². The molecule has 0 aliphatic carbocycles. The SMILES string of the molecule is CSCCC(=O)NC(C)(C)CO. The average molecular weight is 191 g/mol. The van der Waals surface area contributed by atoms with Crippen LogP contribution in [-0.4, -0.2) is 35.2 Å². The van der Waals surface area contributed by atoms with Gasteiger partial charge in [-0.15, -0.1) is 0 Å². The van der Waals surface area contributed by atoms with E-state index in [1.54, 1.807) is 25.6 Å². The molecule has 0 rings (SSSR count). The van der Waals surface area contributed by atoms with Crippen LogP contribution in [0.2, 0.25) is 0 Å². The summed E-state index contributed by atoms with van der Waals surface area (Å²) in [4.78, 5) is 11.1. The van der Waals surface area contributed by atoms with E-state index in [4.69, 9.17) is 5.11 Å². The van der Waals surface area contributed by atoms with Crippen LogP contribution in [0.5, 0.6) is 0 Å². The van der Waals surface area contributed by atoms with Crippen molar-refractivity contribution in [1.29, 1.82) is 0 Å². The molecule has 72 valence electrons. The van der Waals surface area contributed by atoms with Crippen LogP contribution in [0.25, 0.3) is 0 Å². The molecule has 0 spiro atoms. The van der Waals surface area contributed by atoms with Gasteiger partial charge in [0.2, 0.25) is 5.91 Å². The van der Waals surface area contributed by atoms with Gasteiger partial charge in [0.15, 0.2) is 0 Å². The van der Waals surface area contributed by atoms with Crippen molar-refractivity contribution in [2.75, 3.05) is 18.6 Å². The number of carbonyl (C=O) groups is 1. The minimum absolute atomic E-state index is 0.00315. The van der Waals surface area contributed by atoms with Gasteiger partial charge in [0.1, 0.15) is 0 Å². The molecule has 0 saturated heterocycles. The number of aliphatic hydroxyl groups excluding tert-OH is 1. The minimum atomic E-state index is -0.491. The first kappa shape index (κ1) is 11.8. The number of hydrogen-bond donors (Lipinski definition) is 2. The van der Waals surface area contributed by atoms with Gasteiger partial charge >= 0.3 is 0 Å². The van der Waals surface area contributed by atoms with Crippen LogP contribution in [0.4, 0.5) is 0 Å². The van der Waals surface area contributed by atoms with E-state index < -0.39 is 5.54 Å². The van der Waals surface area contributed by atoms with Gasteiger partial charge < -0.3 is 10.4 Å². The zero-order chi connectivity index (χ0) is 9.61. The second kappa shape index (κ2) is 5.43. The van der Waals surface area contributed by atoms with Crippen LogP contribution >= 0.6 is 11.8 Å². The van der Waals surface area contributed by atoms with Crippen LogP contribution in [-0.2, 0) is 4.79 Å². The van der Waals surface area contributed by atoms with Crippen molar-refractivity contribution < 1.29 is 9.90 Å². The van der Waals surface area contributed by atoms with Crippen molar-refractivity contribution in [2.45, 2.75) is 25.8 Å². The van der Waals surface area contributed by atoms with E-state index in [-0.39, 0.29) is 12.5 Å². The number of amides is 1. The number of rotatable bonds is 5. The lowest BCUT2D eigenvalue weighted by Crippen LogP contribution is -2.46. The Morgan fingerprint density at radius 1 is 1.58 bits per heavy atom. The molecular formula is C8H17NO2S. The number of aliphatic hydroxyl groups is 1. The minimum Gasteiger partial charge on any atom is -0.394 e. The molecule has 0 aliphatic heterocycles. The van der Waals surface area contributed by atoms with Crippen LogP contribution in [0.3, 0.4) is 0 Å². The normalized spacial score (nSPS) is 11.3. The molecule has 2 N–H and O–H groups in total. The van der Waals surface area contributed by atoms with E-state index in [2.05, 4.69) is 5.32 Å². The van der Waals surface area contributed by atoms with Gasteiger partial charge in [0, 0.05) is 12.2 Å². The van der Waals surface area contributed by atoms with E-state index in [0.29, 0.717) is 6.42 Å². The predicted molar refractivity (Wildman–Crippen MR) is 52.3 cm³/mol. The molecule has 0 fully saturated rings. The highest BCUT2D eigenvalue weighted by molar-refractivity contribution is 7.98. The van der Waals surface area contributed by atoms with E-state index >= 15 is 0 Å². The summed E-state index contributed by atoms with van der Waals surface area (Å²) in [5.41, 5.74) is -0.491. The smallest absolute Gasteiger partial charge is 0.221 e. The molecule has 0 atom stereocenters. The third-order valence-electron chi connectivity index (χ3n) is 1.41. The maximum Gasteiger partial charge on any atom is 0.221 e.